The lowest BCUT2D eigenvalue weighted by Gasteiger charge is -2.31. The van der Waals surface area contributed by atoms with Gasteiger partial charge in [0, 0.05) is 24.8 Å². The summed E-state index contributed by atoms with van der Waals surface area (Å²) in [5.41, 5.74) is -0.0384. The smallest absolute Gasteiger partial charge is 0.253 e. The summed E-state index contributed by atoms with van der Waals surface area (Å²) in [6.45, 7) is 5.51. The Morgan fingerprint density at radius 2 is 1.79 bits per heavy atom. The van der Waals surface area contributed by atoms with Crippen molar-refractivity contribution >= 4 is 21.8 Å². The van der Waals surface area contributed by atoms with Crippen LogP contribution < -0.4 is 14.2 Å². The molecule has 1 saturated heterocycles. The second-order valence-corrected chi connectivity index (χ2v) is 9.43. The molecule has 0 aromatic heterocycles. The van der Waals surface area contributed by atoms with Gasteiger partial charge in [-0.2, -0.15) is 0 Å². The highest BCUT2D eigenvalue weighted by Crippen LogP contribution is 2.51. The maximum absolute atomic E-state index is 13.1. The van der Waals surface area contributed by atoms with Crippen LogP contribution in [0.15, 0.2) is 40.5 Å². The zero-order valence-corrected chi connectivity index (χ0v) is 19.8. The number of ketones is 1. The van der Waals surface area contributed by atoms with Gasteiger partial charge in [0.25, 0.3) is 5.79 Å². The third-order valence-corrected chi connectivity index (χ3v) is 6.82. The van der Waals surface area contributed by atoms with Crippen LogP contribution in [0, 0.1) is 0 Å². The molecule has 2 aliphatic heterocycles. The molecule has 0 atom stereocenters. The molecule has 11 heteroatoms. The van der Waals surface area contributed by atoms with Crippen molar-refractivity contribution in [3.8, 4) is 17.2 Å². The summed E-state index contributed by atoms with van der Waals surface area (Å²) in [5, 5.41) is 31.4. The van der Waals surface area contributed by atoms with E-state index in [0.717, 1.165) is 0 Å². The van der Waals surface area contributed by atoms with Gasteiger partial charge in [0.15, 0.2) is 27.1 Å². The van der Waals surface area contributed by atoms with E-state index in [1.54, 1.807) is 0 Å². The Balaban J connectivity index is 0.00000187. The van der Waals surface area contributed by atoms with Crippen molar-refractivity contribution in [3.05, 3.63) is 40.9 Å². The minimum Gasteiger partial charge on any atom is -0.508 e. The second kappa shape index (κ2) is 10.6. The summed E-state index contributed by atoms with van der Waals surface area (Å²) in [7, 11) is -1.75. The SMILES string of the molecule is CC.C\C=C(O)/C(CC(=O)c1ccc(OC)c2c1OC1(CCS(=O)(=O)CC1)O2)=C(O)\C=N\O. The lowest BCUT2D eigenvalue weighted by molar-refractivity contribution is -0.0863. The monoisotopic (exact) mass is 483 g/mol. The first-order chi connectivity index (χ1) is 15.6. The number of aliphatic hydroxyl groups excluding tert-OH is 2. The number of carbonyl (C=O) groups is 1. The van der Waals surface area contributed by atoms with E-state index in [1.807, 2.05) is 13.8 Å². The number of ether oxygens (including phenoxy) is 3. The Labute approximate surface area is 192 Å². The van der Waals surface area contributed by atoms with Crippen molar-refractivity contribution in [2.45, 2.75) is 45.8 Å². The maximum atomic E-state index is 13.1. The van der Waals surface area contributed by atoms with Crippen molar-refractivity contribution < 1.29 is 42.8 Å². The molecule has 1 spiro atoms. The Bertz CT molecular complexity index is 1070. The first kappa shape index (κ1) is 26.0. The number of allylic oxidation sites excluding steroid dienone is 3. The Hall–Kier alpha value is -3.21. The topological polar surface area (TPSA) is 152 Å². The zero-order valence-electron chi connectivity index (χ0n) is 19.0. The molecule has 2 aliphatic rings. The van der Waals surface area contributed by atoms with Gasteiger partial charge in [0.05, 0.1) is 24.2 Å². The Kier molecular flexibility index (Phi) is 8.37. The molecule has 1 aromatic carbocycles. The highest BCUT2D eigenvalue weighted by molar-refractivity contribution is 7.91. The average Bonchev–Trinajstić information content (AvgIpc) is 3.19. The molecule has 0 aliphatic carbocycles. The van der Waals surface area contributed by atoms with Crippen LogP contribution in [-0.4, -0.2) is 60.2 Å². The fraction of sp³-hybridized carbons (Fsp3) is 0.455. The summed E-state index contributed by atoms with van der Waals surface area (Å²) >= 11 is 0. The molecule has 2 heterocycles. The van der Waals surface area contributed by atoms with Crippen LogP contribution in [0.3, 0.4) is 0 Å². The van der Waals surface area contributed by atoms with Crippen LogP contribution >= 0.6 is 0 Å². The normalized spacial score (nSPS) is 19.0. The predicted octanol–water partition coefficient (Wildman–Crippen LogP) is 3.70. The van der Waals surface area contributed by atoms with Crippen molar-refractivity contribution in [2.24, 2.45) is 5.16 Å². The largest absolute Gasteiger partial charge is 0.508 e. The van der Waals surface area contributed by atoms with E-state index in [9.17, 15) is 23.4 Å². The van der Waals surface area contributed by atoms with Gasteiger partial charge in [-0.1, -0.05) is 19.0 Å². The van der Waals surface area contributed by atoms with E-state index in [2.05, 4.69) is 5.16 Å². The number of oxime groups is 1. The van der Waals surface area contributed by atoms with Crippen LogP contribution in [0.2, 0.25) is 0 Å². The van der Waals surface area contributed by atoms with Gasteiger partial charge < -0.3 is 29.6 Å². The molecule has 0 radical (unpaired) electrons. The van der Waals surface area contributed by atoms with Crippen molar-refractivity contribution in [1.29, 1.82) is 0 Å². The average molecular weight is 484 g/mol. The van der Waals surface area contributed by atoms with Gasteiger partial charge in [0.1, 0.15) is 17.7 Å². The maximum Gasteiger partial charge on any atom is 0.253 e. The summed E-state index contributed by atoms with van der Waals surface area (Å²) in [4.78, 5) is 13.1. The van der Waals surface area contributed by atoms with Gasteiger partial charge in [0.2, 0.25) is 5.75 Å². The lowest BCUT2D eigenvalue weighted by atomic mass is 9.99. The van der Waals surface area contributed by atoms with Gasteiger partial charge in [-0.15, -0.1) is 0 Å². The number of sulfone groups is 1. The van der Waals surface area contributed by atoms with Gasteiger partial charge in [-0.05, 0) is 25.1 Å². The zero-order chi connectivity index (χ0) is 24.8. The van der Waals surface area contributed by atoms with Crippen LogP contribution in [0.5, 0.6) is 17.2 Å². The molecule has 0 amide bonds. The molecule has 10 nitrogen and oxygen atoms in total. The highest BCUT2D eigenvalue weighted by Gasteiger charge is 2.48. The predicted molar refractivity (Wildman–Crippen MR) is 121 cm³/mol. The van der Waals surface area contributed by atoms with E-state index in [0.29, 0.717) is 12.0 Å². The van der Waals surface area contributed by atoms with E-state index in [1.165, 1.54) is 32.2 Å². The van der Waals surface area contributed by atoms with Crippen molar-refractivity contribution in [2.75, 3.05) is 18.6 Å². The number of rotatable bonds is 6. The second-order valence-electron chi connectivity index (χ2n) is 7.12. The molecule has 0 saturated carbocycles. The van der Waals surface area contributed by atoms with E-state index in [4.69, 9.17) is 19.4 Å². The molecule has 3 N–H and O–H groups in total. The number of fused-ring (bicyclic) bond motifs is 1. The number of carbonyl (C=O) groups excluding carboxylic acids is 1. The standard InChI is InChI=1S/C20H23NO9S.C2H6/c1-3-14(22)13(16(24)11-21-25)10-15(23)12-4-5-17(28-2)19-18(12)29-20(30-19)6-8-31(26,27)9-7-20;1-2/h3-5,11,22,24-25H,6-10H2,1-2H3;1-2H3/b14-3+,16-13+,21-11+;. The summed E-state index contributed by atoms with van der Waals surface area (Å²) < 4.78 is 40.9. The highest BCUT2D eigenvalue weighted by atomic mass is 32.2. The first-order valence-electron chi connectivity index (χ1n) is 10.4. The van der Waals surface area contributed by atoms with E-state index in [-0.39, 0.29) is 52.7 Å². The number of Topliss-reactive ketones (excluding diaryl/α,β-unsaturated/α-hetero) is 1. The summed E-state index contributed by atoms with van der Waals surface area (Å²) in [5.74, 6) is -2.28. The lowest BCUT2D eigenvalue weighted by Crippen LogP contribution is -2.46. The quantitative estimate of drug-likeness (QED) is 0.137. The Morgan fingerprint density at radius 3 is 2.33 bits per heavy atom. The molecular formula is C22H29NO9S. The first-order valence-corrected chi connectivity index (χ1v) is 12.3. The van der Waals surface area contributed by atoms with Crippen LogP contribution in [0.25, 0.3) is 0 Å². The molecular weight excluding hydrogens is 454 g/mol. The molecule has 182 valence electrons. The molecule has 1 aromatic rings. The van der Waals surface area contributed by atoms with E-state index >= 15 is 0 Å². The Morgan fingerprint density at radius 1 is 1.18 bits per heavy atom. The number of benzene rings is 1. The molecule has 33 heavy (non-hydrogen) atoms. The molecule has 0 unspecified atom stereocenters. The third kappa shape index (κ3) is 5.59. The molecule has 3 rings (SSSR count). The fourth-order valence-corrected chi connectivity index (χ4v) is 4.89. The molecule has 1 fully saturated rings. The number of aliphatic hydroxyl groups is 2. The van der Waals surface area contributed by atoms with Gasteiger partial charge in [-0.25, -0.2) is 8.42 Å². The minimum absolute atomic E-state index is 0.0963. The summed E-state index contributed by atoms with van der Waals surface area (Å²) in [6.07, 6.45) is 1.73. The van der Waals surface area contributed by atoms with Crippen LogP contribution in [-0.2, 0) is 9.84 Å². The van der Waals surface area contributed by atoms with Gasteiger partial charge in [-0.3, -0.25) is 4.79 Å². The van der Waals surface area contributed by atoms with Crippen LogP contribution in [0.1, 0.15) is 50.4 Å². The number of hydrogen-bond donors (Lipinski definition) is 3. The fourth-order valence-electron chi connectivity index (χ4n) is 3.44. The van der Waals surface area contributed by atoms with Gasteiger partial charge >= 0.3 is 0 Å². The third-order valence-electron chi connectivity index (χ3n) is 5.17. The number of nitrogens with zero attached hydrogens (tertiary/aromatic N) is 1. The summed E-state index contributed by atoms with van der Waals surface area (Å²) in [6, 6.07) is 2.98. The number of methoxy groups -OCH3 is 1. The van der Waals surface area contributed by atoms with Crippen molar-refractivity contribution in [3.63, 3.8) is 0 Å². The number of hydrogen-bond acceptors (Lipinski definition) is 10. The van der Waals surface area contributed by atoms with Crippen molar-refractivity contribution in [1.82, 2.24) is 0 Å². The minimum atomic E-state index is -3.18. The van der Waals surface area contributed by atoms with Crippen LogP contribution in [0.4, 0.5) is 0 Å². The van der Waals surface area contributed by atoms with E-state index < -0.39 is 33.6 Å². The molecule has 0 bridgehead atoms.